The van der Waals surface area contributed by atoms with Crippen LogP contribution in [0.3, 0.4) is 0 Å². The van der Waals surface area contributed by atoms with Crippen LogP contribution in [0.4, 0.5) is 19.1 Å². The zero-order valence-corrected chi connectivity index (χ0v) is 15.1. The number of aromatic nitrogens is 2. The molecule has 1 aliphatic heterocycles. The van der Waals surface area contributed by atoms with Crippen LogP contribution in [0.5, 0.6) is 0 Å². The predicted molar refractivity (Wildman–Crippen MR) is 97.8 cm³/mol. The maximum atomic E-state index is 13.3. The molecule has 1 aliphatic rings. The van der Waals surface area contributed by atoms with Crippen molar-refractivity contribution in [3.63, 3.8) is 0 Å². The Bertz CT molecular complexity index is 905. The van der Waals surface area contributed by atoms with Gasteiger partial charge in [0.15, 0.2) is 11.5 Å². The van der Waals surface area contributed by atoms with Gasteiger partial charge in [0, 0.05) is 5.56 Å². The molecule has 0 spiro atoms. The summed E-state index contributed by atoms with van der Waals surface area (Å²) in [6, 6.07) is 14.3. The maximum Gasteiger partial charge on any atom is 0.433 e. The second-order valence-corrected chi connectivity index (χ2v) is 6.81. The van der Waals surface area contributed by atoms with Gasteiger partial charge in [0.05, 0.1) is 32.4 Å². The van der Waals surface area contributed by atoms with Crippen LogP contribution in [0.1, 0.15) is 11.3 Å². The lowest BCUT2D eigenvalue weighted by atomic mass is 10.2. The zero-order valence-electron chi connectivity index (χ0n) is 15.1. The molecular weight excluding hydrogens is 369 g/mol. The molecule has 146 valence electrons. The first kappa shape index (κ1) is 18.5. The highest BCUT2D eigenvalue weighted by Crippen LogP contribution is 2.31. The summed E-state index contributed by atoms with van der Waals surface area (Å²) < 4.78 is 45.2. The van der Waals surface area contributed by atoms with Crippen LogP contribution in [0, 0.1) is 0 Å². The first-order valence-electron chi connectivity index (χ1n) is 9.11. The Morgan fingerprint density at radius 3 is 2.39 bits per heavy atom. The molecule has 0 aliphatic carbocycles. The number of nitrogens with zero attached hydrogens (tertiary/aromatic N) is 3. The lowest BCUT2D eigenvalue weighted by Crippen LogP contribution is -3.13. The largest absolute Gasteiger partial charge is 0.463 e. The number of quaternary nitrogens is 1. The molecule has 3 heterocycles. The molecule has 0 atom stereocenters. The van der Waals surface area contributed by atoms with E-state index in [2.05, 4.69) is 22.1 Å². The van der Waals surface area contributed by atoms with E-state index >= 15 is 0 Å². The van der Waals surface area contributed by atoms with Crippen molar-refractivity contribution in [1.82, 2.24) is 9.97 Å². The van der Waals surface area contributed by atoms with Gasteiger partial charge in [-0.3, -0.25) is 0 Å². The maximum absolute atomic E-state index is 13.3. The van der Waals surface area contributed by atoms with Gasteiger partial charge in [-0.2, -0.15) is 13.2 Å². The number of piperazine rings is 1. The van der Waals surface area contributed by atoms with Gasteiger partial charge in [-0.05, 0) is 18.2 Å². The molecule has 1 saturated heterocycles. The fraction of sp³-hybridized carbons (Fsp3) is 0.300. The zero-order chi connectivity index (χ0) is 19.6. The van der Waals surface area contributed by atoms with Gasteiger partial charge >= 0.3 is 6.18 Å². The quantitative estimate of drug-likeness (QED) is 0.745. The van der Waals surface area contributed by atoms with Crippen LogP contribution < -0.4 is 9.80 Å². The van der Waals surface area contributed by atoms with Gasteiger partial charge in [-0.1, -0.05) is 30.3 Å². The molecule has 5 nitrogen and oxygen atoms in total. The van der Waals surface area contributed by atoms with Crippen molar-refractivity contribution < 1.29 is 22.5 Å². The van der Waals surface area contributed by atoms with E-state index in [0.29, 0.717) is 18.8 Å². The van der Waals surface area contributed by atoms with Crippen LogP contribution in [-0.2, 0) is 12.7 Å². The highest BCUT2D eigenvalue weighted by molar-refractivity contribution is 5.55. The normalized spacial score (nSPS) is 15.8. The molecule has 1 N–H and O–H groups in total. The number of halogens is 3. The Hall–Kier alpha value is -2.87. The molecule has 1 aromatic carbocycles. The number of furan rings is 1. The van der Waals surface area contributed by atoms with Crippen molar-refractivity contribution >= 4 is 5.95 Å². The number of nitrogens with one attached hydrogen (secondary N) is 1. The topological polar surface area (TPSA) is 46.6 Å². The molecule has 0 bridgehead atoms. The average Bonchev–Trinajstić information content (AvgIpc) is 3.23. The number of anilines is 1. The Morgan fingerprint density at radius 2 is 1.75 bits per heavy atom. The summed E-state index contributed by atoms with van der Waals surface area (Å²) in [7, 11) is 0. The van der Waals surface area contributed by atoms with Crippen molar-refractivity contribution in [2.75, 3.05) is 31.1 Å². The molecule has 0 unspecified atom stereocenters. The fourth-order valence-corrected chi connectivity index (χ4v) is 3.36. The van der Waals surface area contributed by atoms with E-state index in [1.165, 1.54) is 16.7 Å². The van der Waals surface area contributed by atoms with Gasteiger partial charge in [-0.15, -0.1) is 0 Å². The molecule has 0 saturated carbocycles. The van der Waals surface area contributed by atoms with Crippen LogP contribution in [0.15, 0.2) is 59.2 Å². The molecule has 0 amide bonds. The minimum Gasteiger partial charge on any atom is -0.463 e. The highest BCUT2D eigenvalue weighted by Gasteiger charge is 2.35. The standard InChI is InChI=1S/C20H19F3N4O/c21-20(22,23)18-13-16(17-7-4-12-28-17)24-19(25-18)27-10-8-26(9-11-27)14-15-5-2-1-3-6-15/h1-7,12-13H,8-11,14H2/p+1. The van der Waals surface area contributed by atoms with Gasteiger partial charge in [0.25, 0.3) is 0 Å². The van der Waals surface area contributed by atoms with E-state index in [-0.39, 0.29) is 11.6 Å². The summed E-state index contributed by atoms with van der Waals surface area (Å²) in [6.07, 6.45) is -3.13. The number of hydrogen-bond acceptors (Lipinski definition) is 4. The molecule has 8 heteroatoms. The smallest absolute Gasteiger partial charge is 0.433 e. The van der Waals surface area contributed by atoms with Crippen molar-refractivity contribution in [2.24, 2.45) is 0 Å². The van der Waals surface area contributed by atoms with Gasteiger partial charge in [0.1, 0.15) is 12.2 Å². The average molecular weight is 389 g/mol. The molecule has 1 fully saturated rings. The van der Waals surface area contributed by atoms with Crippen LogP contribution in [0.2, 0.25) is 0 Å². The molecule has 4 rings (SSSR count). The summed E-state index contributed by atoms with van der Waals surface area (Å²) in [5.41, 5.74) is 0.436. The van der Waals surface area contributed by atoms with E-state index in [0.717, 1.165) is 25.7 Å². The minimum absolute atomic E-state index is 0.0972. The summed E-state index contributed by atoms with van der Waals surface area (Å²) in [4.78, 5) is 11.3. The molecule has 28 heavy (non-hydrogen) atoms. The summed E-state index contributed by atoms with van der Waals surface area (Å²) >= 11 is 0. The second kappa shape index (κ2) is 7.63. The second-order valence-electron chi connectivity index (χ2n) is 6.81. The number of benzene rings is 1. The third-order valence-corrected chi connectivity index (χ3v) is 4.83. The van der Waals surface area contributed by atoms with Gasteiger partial charge < -0.3 is 14.2 Å². The SMILES string of the molecule is FC(F)(F)c1cc(-c2ccco2)nc(N2CC[NH+](Cc3ccccc3)CC2)n1. The van der Waals surface area contributed by atoms with Crippen molar-refractivity contribution in [3.8, 4) is 11.5 Å². The van der Waals surface area contributed by atoms with Crippen LogP contribution in [0.25, 0.3) is 11.5 Å². The summed E-state index contributed by atoms with van der Waals surface area (Å²) in [6.45, 7) is 3.72. The third kappa shape index (κ3) is 4.17. The Kier molecular flexibility index (Phi) is 5.04. The molecule has 3 aromatic rings. The first-order chi connectivity index (χ1) is 13.5. The van der Waals surface area contributed by atoms with Crippen LogP contribution >= 0.6 is 0 Å². The summed E-state index contributed by atoms with van der Waals surface area (Å²) in [5.74, 6) is 0.391. The van der Waals surface area contributed by atoms with E-state index < -0.39 is 11.9 Å². The van der Waals surface area contributed by atoms with Gasteiger partial charge in [0.2, 0.25) is 5.95 Å². The van der Waals surface area contributed by atoms with E-state index in [1.54, 1.807) is 12.1 Å². The van der Waals surface area contributed by atoms with E-state index in [1.807, 2.05) is 23.1 Å². The molecular formula is C20H20F3N4O+. The third-order valence-electron chi connectivity index (χ3n) is 4.83. The Morgan fingerprint density at radius 1 is 1.00 bits per heavy atom. The van der Waals surface area contributed by atoms with Crippen molar-refractivity contribution in [3.05, 3.63) is 66.1 Å². The molecule has 2 aromatic heterocycles. The minimum atomic E-state index is -4.54. The predicted octanol–water partition coefficient (Wildman–Crippen LogP) is 2.66. The van der Waals surface area contributed by atoms with E-state index in [9.17, 15) is 13.2 Å². The Balaban J connectivity index is 1.52. The number of rotatable bonds is 4. The lowest BCUT2D eigenvalue weighted by Gasteiger charge is -2.32. The lowest BCUT2D eigenvalue weighted by molar-refractivity contribution is -0.914. The van der Waals surface area contributed by atoms with Gasteiger partial charge in [-0.25, -0.2) is 9.97 Å². The molecule has 0 radical (unpaired) electrons. The first-order valence-corrected chi connectivity index (χ1v) is 9.11. The highest BCUT2D eigenvalue weighted by atomic mass is 19.4. The van der Waals surface area contributed by atoms with Crippen molar-refractivity contribution in [2.45, 2.75) is 12.7 Å². The van der Waals surface area contributed by atoms with E-state index in [4.69, 9.17) is 4.42 Å². The fourth-order valence-electron chi connectivity index (χ4n) is 3.36. The number of alkyl halides is 3. The van der Waals surface area contributed by atoms with Crippen molar-refractivity contribution in [1.29, 1.82) is 0 Å². The number of hydrogen-bond donors (Lipinski definition) is 1. The Labute approximate surface area is 160 Å². The monoisotopic (exact) mass is 389 g/mol. The van der Waals surface area contributed by atoms with Crippen LogP contribution in [-0.4, -0.2) is 36.1 Å². The summed E-state index contributed by atoms with van der Waals surface area (Å²) in [5, 5.41) is 0.